The summed E-state index contributed by atoms with van der Waals surface area (Å²) in [5, 5.41) is 1.91. The van der Waals surface area contributed by atoms with Crippen molar-refractivity contribution in [3.63, 3.8) is 0 Å². The van der Waals surface area contributed by atoms with Gasteiger partial charge in [-0.2, -0.15) is 0 Å². The molecule has 9 heteroatoms. The molecule has 0 saturated carbocycles. The van der Waals surface area contributed by atoms with Crippen LogP contribution in [0.3, 0.4) is 0 Å². The topological polar surface area (TPSA) is 93.1 Å². The zero-order valence-corrected chi connectivity index (χ0v) is 19.6. The Morgan fingerprint density at radius 3 is 2.19 bits per heavy atom. The van der Waals surface area contributed by atoms with Gasteiger partial charge < -0.3 is 19.3 Å². The van der Waals surface area contributed by atoms with Crippen LogP contribution < -0.4 is 4.74 Å². The molecule has 0 aliphatic carbocycles. The third-order valence-corrected chi connectivity index (χ3v) is 3.77. The number of ether oxygens (including phenoxy) is 2. The van der Waals surface area contributed by atoms with Crippen molar-refractivity contribution in [2.75, 3.05) is 13.5 Å². The van der Waals surface area contributed by atoms with E-state index in [-0.39, 0.29) is 0 Å². The van der Waals surface area contributed by atoms with E-state index in [2.05, 4.69) is 39.7 Å². The zero-order valence-electron chi connectivity index (χ0n) is 16.1. The molecule has 0 heterocycles. The van der Waals surface area contributed by atoms with Crippen LogP contribution in [0.4, 0.5) is 0 Å². The largest absolute Gasteiger partial charge is 0.497 e. The highest BCUT2D eigenvalue weighted by molar-refractivity contribution is 9.26. The fourth-order valence-corrected chi connectivity index (χ4v) is 2.34. The minimum atomic E-state index is -4.36. The van der Waals surface area contributed by atoms with Crippen LogP contribution in [0.5, 0.6) is 5.75 Å². The summed E-state index contributed by atoms with van der Waals surface area (Å²) < 4.78 is 20.5. The molecule has 0 radical (unpaired) electrons. The first-order chi connectivity index (χ1) is 12.3. The molecular weight excluding hydrogens is 451 g/mol. The van der Waals surface area contributed by atoms with Crippen LogP contribution in [0.2, 0.25) is 19.6 Å². The summed E-state index contributed by atoms with van der Waals surface area (Å²) in [6.07, 6.45) is -0.902. The fourth-order valence-electron chi connectivity index (χ4n) is 2.05. The molecular formula is C18H26BrO6PSi. The van der Waals surface area contributed by atoms with Crippen LogP contribution in [0.25, 0.3) is 10.8 Å². The van der Waals surface area contributed by atoms with Crippen molar-refractivity contribution in [2.24, 2.45) is 0 Å². The Bertz CT molecular complexity index is 824. The van der Waals surface area contributed by atoms with Gasteiger partial charge in [0.15, 0.2) is 6.35 Å². The average Bonchev–Trinajstić information content (AvgIpc) is 2.55. The van der Waals surface area contributed by atoms with Gasteiger partial charge in [-0.25, -0.2) is 0 Å². The van der Waals surface area contributed by atoms with E-state index in [9.17, 15) is 9.36 Å². The maximum Gasteiger partial charge on any atom is 0.362 e. The van der Waals surface area contributed by atoms with Gasteiger partial charge in [0, 0.05) is 0 Å². The van der Waals surface area contributed by atoms with E-state index in [4.69, 9.17) is 14.5 Å². The third kappa shape index (κ3) is 9.53. The first-order valence-electron chi connectivity index (χ1n) is 8.28. The minimum Gasteiger partial charge on any atom is -0.497 e. The van der Waals surface area contributed by atoms with Gasteiger partial charge in [-0.15, -0.1) is 15.3 Å². The maximum atomic E-state index is 11.8. The second-order valence-corrected chi connectivity index (χ2v) is 19.9. The Balaban J connectivity index is 0.000000646. The number of fused-ring (bicyclic) bond motifs is 1. The highest BCUT2D eigenvalue weighted by Crippen LogP contribution is 2.35. The summed E-state index contributed by atoms with van der Waals surface area (Å²) in [6.45, 7) is 7.56. The molecule has 2 N–H and O–H groups in total. The predicted octanol–water partition coefficient (Wildman–Crippen LogP) is 4.85. The molecule has 1 atom stereocenters. The van der Waals surface area contributed by atoms with E-state index in [1.54, 1.807) is 20.1 Å². The molecule has 0 aromatic heterocycles. The Morgan fingerprint density at radius 1 is 1.15 bits per heavy atom. The van der Waals surface area contributed by atoms with Gasteiger partial charge in [0.05, 0.1) is 13.0 Å². The normalized spacial score (nSPS) is 12.7. The summed E-state index contributed by atoms with van der Waals surface area (Å²) in [5.74, 6) is -0.538. The SMILES string of the molecule is COc1ccc2cc([C@H](C)C(=O)OCP(=O)(O)O)ccc2c1.C[Si](C)(C)Br. The summed E-state index contributed by atoms with van der Waals surface area (Å²) in [6, 6.07) is 11.1. The number of esters is 1. The van der Waals surface area contributed by atoms with Gasteiger partial charge in [-0.1, -0.05) is 43.9 Å². The van der Waals surface area contributed by atoms with Gasteiger partial charge in [0.2, 0.25) is 0 Å². The first kappa shape index (κ1) is 23.9. The smallest absolute Gasteiger partial charge is 0.362 e. The molecule has 0 spiro atoms. The molecule has 2 aromatic carbocycles. The lowest BCUT2D eigenvalue weighted by molar-refractivity contribution is -0.143. The van der Waals surface area contributed by atoms with Crippen LogP contribution in [0.15, 0.2) is 36.4 Å². The second-order valence-electron chi connectivity index (χ2n) is 7.02. The highest BCUT2D eigenvalue weighted by Gasteiger charge is 2.21. The zero-order chi connectivity index (χ0) is 20.8. The van der Waals surface area contributed by atoms with E-state index < -0.39 is 32.5 Å². The molecule has 150 valence electrons. The molecule has 0 amide bonds. The molecule has 2 rings (SSSR count). The number of rotatable bonds is 5. The minimum absolute atomic E-state index is 0.613. The number of hydrogen-bond acceptors (Lipinski definition) is 4. The lowest BCUT2D eigenvalue weighted by Crippen LogP contribution is -2.14. The van der Waals surface area contributed by atoms with Crippen molar-refractivity contribution < 1.29 is 28.6 Å². The second kappa shape index (κ2) is 9.84. The van der Waals surface area contributed by atoms with Crippen molar-refractivity contribution >= 4 is 46.3 Å². The highest BCUT2D eigenvalue weighted by atomic mass is 79.9. The van der Waals surface area contributed by atoms with E-state index in [0.29, 0.717) is 5.56 Å². The molecule has 0 fully saturated rings. The van der Waals surface area contributed by atoms with Gasteiger partial charge in [0.25, 0.3) is 0 Å². The van der Waals surface area contributed by atoms with Crippen LogP contribution in [-0.4, -0.2) is 35.9 Å². The number of carbonyl (C=O) groups excluding carboxylic acids is 1. The maximum absolute atomic E-state index is 11.8. The van der Waals surface area contributed by atoms with Gasteiger partial charge >= 0.3 is 13.6 Å². The third-order valence-electron chi connectivity index (χ3n) is 3.30. The molecule has 0 aliphatic heterocycles. The molecule has 0 bridgehead atoms. The van der Waals surface area contributed by atoms with Crippen LogP contribution in [0, 0.1) is 0 Å². The first-order valence-corrected chi connectivity index (χ1v) is 15.8. The van der Waals surface area contributed by atoms with Gasteiger partial charge in [0.1, 0.15) is 12.4 Å². The molecule has 2 aromatic rings. The summed E-state index contributed by atoms with van der Waals surface area (Å²) >= 11 is 3.51. The Morgan fingerprint density at radius 2 is 1.67 bits per heavy atom. The number of methoxy groups -OCH3 is 1. The molecule has 0 aliphatic rings. The lowest BCUT2D eigenvalue weighted by atomic mass is 9.98. The van der Waals surface area contributed by atoms with E-state index in [1.165, 1.54) is 0 Å². The van der Waals surface area contributed by atoms with Crippen LogP contribution >= 0.6 is 22.9 Å². The molecule has 6 nitrogen and oxygen atoms in total. The number of halogens is 1. The van der Waals surface area contributed by atoms with E-state index in [1.807, 2.05) is 30.3 Å². The van der Waals surface area contributed by atoms with Crippen molar-refractivity contribution in [1.82, 2.24) is 0 Å². The Kier molecular flexibility index (Phi) is 8.70. The number of benzene rings is 2. The lowest BCUT2D eigenvalue weighted by Gasteiger charge is -2.13. The van der Waals surface area contributed by atoms with E-state index >= 15 is 0 Å². The molecule has 27 heavy (non-hydrogen) atoms. The van der Waals surface area contributed by atoms with Crippen molar-refractivity contribution in [3.05, 3.63) is 42.0 Å². The Hall–Kier alpha value is -1.18. The number of hydrogen-bond donors (Lipinski definition) is 2. The van der Waals surface area contributed by atoms with Crippen LogP contribution in [-0.2, 0) is 14.1 Å². The monoisotopic (exact) mass is 476 g/mol. The molecule has 0 unspecified atom stereocenters. The average molecular weight is 477 g/mol. The van der Waals surface area contributed by atoms with Crippen molar-refractivity contribution in [2.45, 2.75) is 32.5 Å². The predicted molar refractivity (Wildman–Crippen MR) is 114 cm³/mol. The van der Waals surface area contributed by atoms with Crippen molar-refractivity contribution in [1.29, 1.82) is 0 Å². The van der Waals surface area contributed by atoms with Gasteiger partial charge in [-0.3, -0.25) is 9.36 Å². The van der Waals surface area contributed by atoms with Gasteiger partial charge in [-0.05, 0) is 35.4 Å². The van der Waals surface area contributed by atoms with Crippen molar-refractivity contribution in [3.8, 4) is 5.75 Å². The Labute approximate surface area is 168 Å². The standard InChI is InChI=1S/C15H17O6P.C3H9BrSi/c1-10(15(16)21-9-22(17,18)19)11-3-4-13-8-14(20-2)6-5-12(13)7-11;1-5(2,3)4/h3-8,10H,9H2,1-2H3,(H2,17,18,19);1-3H3/t10-;/m0./s1. The fraction of sp³-hybridized carbons (Fsp3) is 0.389. The summed E-state index contributed by atoms with van der Waals surface area (Å²) in [5.41, 5.74) is 0.716. The number of carbonyl (C=O) groups is 1. The molecule has 0 saturated heterocycles. The quantitative estimate of drug-likeness (QED) is 0.277. The van der Waals surface area contributed by atoms with Crippen LogP contribution in [0.1, 0.15) is 18.4 Å². The summed E-state index contributed by atoms with van der Waals surface area (Å²) in [4.78, 5) is 29.3. The van der Waals surface area contributed by atoms with E-state index in [0.717, 1.165) is 16.5 Å². The summed E-state index contributed by atoms with van der Waals surface area (Å²) in [7, 11) is -2.76.